The number of rotatable bonds is 12. The largest absolute Gasteiger partial charge is 0.481 e. The molecule has 0 saturated carbocycles. The molecule has 0 aliphatic carbocycles. The summed E-state index contributed by atoms with van der Waals surface area (Å²) in [5, 5.41) is 14.2. The fourth-order valence-electron chi connectivity index (χ4n) is 4.20. The number of unbranched alkanes of at least 4 members (excludes halogenated alkanes) is 1. The third-order valence-corrected chi connectivity index (χ3v) is 6.78. The van der Waals surface area contributed by atoms with Crippen LogP contribution in [0.5, 0.6) is 0 Å². The molecule has 1 aromatic carbocycles. The van der Waals surface area contributed by atoms with E-state index in [0.29, 0.717) is 18.0 Å². The molecule has 1 unspecified atom stereocenters. The van der Waals surface area contributed by atoms with Crippen molar-refractivity contribution in [2.75, 3.05) is 0 Å². The van der Waals surface area contributed by atoms with Crippen LogP contribution in [0.1, 0.15) is 86.4 Å². The molecule has 2 aromatic heterocycles. The van der Waals surface area contributed by atoms with Crippen LogP contribution in [0.2, 0.25) is 0 Å². The molecular formula is C25H33N3O3S. The maximum absolute atomic E-state index is 12.9. The van der Waals surface area contributed by atoms with E-state index in [1.54, 1.807) is 11.3 Å². The van der Waals surface area contributed by atoms with Gasteiger partial charge in [-0.15, -0.1) is 11.3 Å². The average molecular weight is 456 g/mol. The van der Waals surface area contributed by atoms with Crippen LogP contribution in [-0.2, 0) is 11.2 Å². The van der Waals surface area contributed by atoms with Crippen molar-refractivity contribution in [1.29, 1.82) is 0 Å². The van der Waals surface area contributed by atoms with Gasteiger partial charge in [0.2, 0.25) is 0 Å². The predicted molar refractivity (Wildman–Crippen MR) is 130 cm³/mol. The van der Waals surface area contributed by atoms with Crippen molar-refractivity contribution in [3.63, 3.8) is 0 Å². The molecule has 32 heavy (non-hydrogen) atoms. The summed E-state index contributed by atoms with van der Waals surface area (Å²) in [6.45, 7) is 6.43. The second kappa shape index (κ2) is 11.3. The molecular weight excluding hydrogens is 422 g/mol. The molecule has 0 radical (unpaired) electrons. The number of carboxylic acids is 1. The highest BCUT2D eigenvalue weighted by molar-refractivity contribution is 7.09. The van der Waals surface area contributed by atoms with Crippen LogP contribution < -0.4 is 5.32 Å². The van der Waals surface area contributed by atoms with Gasteiger partial charge in [0.25, 0.3) is 5.91 Å². The lowest BCUT2D eigenvalue weighted by molar-refractivity contribution is -0.137. The van der Waals surface area contributed by atoms with Crippen LogP contribution in [-0.4, -0.2) is 32.6 Å². The Morgan fingerprint density at radius 1 is 1.19 bits per heavy atom. The lowest BCUT2D eigenvalue weighted by atomic mass is 10.1. The van der Waals surface area contributed by atoms with Crippen LogP contribution in [0, 0.1) is 0 Å². The summed E-state index contributed by atoms with van der Waals surface area (Å²) in [5.41, 5.74) is 2.36. The molecule has 3 aromatic rings. The number of benzene rings is 1. The molecule has 0 aliphatic rings. The Morgan fingerprint density at radius 2 is 1.97 bits per heavy atom. The summed E-state index contributed by atoms with van der Waals surface area (Å²) in [6, 6.07) is 9.80. The average Bonchev–Trinajstić information content (AvgIpc) is 3.40. The minimum Gasteiger partial charge on any atom is -0.481 e. The third kappa shape index (κ3) is 5.76. The number of thiophene rings is 1. The van der Waals surface area contributed by atoms with E-state index in [2.05, 4.69) is 48.2 Å². The van der Waals surface area contributed by atoms with Gasteiger partial charge in [-0.05, 0) is 48.9 Å². The van der Waals surface area contributed by atoms with Gasteiger partial charge in [0, 0.05) is 28.9 Å². The summed E-state index contributed by atoms with van der Waals surface area (Å²) in [4.78, 5) is 30.3. The third-order valence-electron chi connectivity index (χ3n) is 5.91. The first-order valence-corrected chi connectivity index (χ1v) is 12.4. The number of aromatic nitrogens is 2. The van der Waals surface area contributed by atoms with Crippen LogP contribution in [0.3, 0.4) is 0 Å². The zero-order valence-corrected chi connectivity index (χ0v) is 20.0. The van der Waals surface area contributed by atoms with Gasteiger partial charge in [-0.3, -0.25) is 9.59 Å². The smallest absolute Gasteiger partial charge is 0.305 e. The molecule has 0 aliphatic heterocycles. The van der Waals surface area contributed by atoms with Crippen molar-refractivity contribution < 1.29 is 14.7 Å². The van der Waals surface area contributed by atoms with Crippen LogP contribution >= 0.6 is 11.3 Å². The molecule has 0 bridgehead atoms. The molecule has 1 amide bonds. The van der Waals surface area contributed by atoms with Gasteiger partial charge in [-0.2, -0.15) is 0 Å². The first-order chi connectivity index (χ1) is 15.5. The fourth-order valence-corrected chi connectivity index (χ4v) is 4.90. The number of carboxylic acid groups (broad SMARTS) is 1. The maximum atomic E-state index is 12.9. The van der Waals surface area contributed by atoms with Crippen molar-refractivity contribution in [2.45, 2.75) is 77.8 Å². The lowest BCUT2D eigenvalue weighted by Crippen LogP contribution is -2.36. The Balaban J connectivity index is 1.91. The van der Waals surface area contributed by atoms with Gasteiger partial charge in [0.05, 0.1) is 17.5 Å². The van der Waals surface area contributed by atoms with E-state index in [1.165, 1.54) is 4.88 Å². The van der Waals surface area contributed by atoms with E-state index in [9.17, 15) is 14.7 Å². The van der Waals surface area contributed by atoms with Crippen LogP contribution in [0.15, 0.2) is 35.7 Å². The van der Waals surface area contributed by atoms with Gasteiger partial charge < -0.3 is 15.0 Å². The number of hydrogen-bond donors (Lipinski definition) is 2. The number of amides is 1. The van der Waals surface area contributed by atoms with E-state index >= 15 is 0 Å². The van der Waals surface area contributed by atoms with E-state index < -0.39 is 5.97 Å². The minimum absolute atomic E-state index is 0.0672. The van der Waals surface area contributed by atoms with Crippen molar-refractivity contribution in [3.05, 3.63) is 52.0 Å². The first kappa shape index (κ1) is 24.0. The van der Waals surface area contributed by atoms with Gasteiger partial charge in [0.15, 0.2) is 0 Å². The minimum atomic E-state index is -0.899. The Morgan fingerprint density at radius 3 is 2.59 bits per heavy atom. The van der Waals surface area contributed by atoms with Crippen molar-refractivity contribution in [3.8, 4) is 0 Å². The van der Waals surface area contributed by atoms with Crippen LogP contribution in [0.4, 0.5) is 0 Å². The van der Waals surface area contributed by atoms with Gasteiger partial charge in [-0.25, -0.2) is 4.98 Å². The SMILES string of the molecule is CCCCC(CC(=O)O)NC(=O)c1ccc2c(c1)nc(Cc1cccs1)n2C(CC)CC. The summed E-state index contributed by atoms with van der Waals surface area (Å²) >= 11 is 1.72. The van der Waals surface area contributed by atoms with Gasteiger partial charge in [0.1, 0.15) is 5.82 Å². The fraction of sp³-hybridized carbons (Fsp3) is 0.480. The standard InChI is InChI=1S/C25H33N3O3S/c1-4-7-9-18(15-24(29)30)26-25(31)17-11-12-22-21(14-17)27-23(16-20-10-8-13-32-20)28(22)19(5-2)6-3/h8,10-14,18-19H,4-7,9,15-16H2,1-3H3,(H,26,31)(H,29,30). The topological polar surface area (TPSA) is 84.2 Å². The quantitative estimate of drug-likeness (QED) is 0.361. The second-order valence-corrected chi connectivity index (χ2v) is 9.27. The van der Waals surface area contributed by atoms with Gasteiger partial charge in [-0.1, -0.05) is 39.7 Å². The number of hydrogen-bond acceptors (Lipinski definition) is 4. The number of carbonyl (C=O) groups is 2. The highest BCUT2D eigenvalue weighted by Crippen LogP contribution is 2.28. The second-order valence-electron chi connectivity index (χ2n) is 8.24. The molecule has 7 heteroatoms. The summed E-state index contributed by atoms with van der Waals surface area (Å²) in [7, 11) is 0. The molecule has 0 fully saturated rings. The van der Waals surface area contributed by atoms with E-state index in [-0.39, 0.29) is 18.4 Å². The lowest BCUT2D eigenvalue weighted by Gasteiger charge is -2.19. The zero-order chi connectivity index (χ0) is 23.1. The van der Waals surface area contributed by atoms with E-state index in [4.69, 9.17) is 4.98 Å². The summed E-state index contributed by atoms with van der Waals surface area (Å²) in [5.74, 6) is -0.129. The van der Waals surface area contributed by atoms with Crippen LogP contribution in [0.25, 0.3) is 11.0 Å². The van der Waals surface area contributed by atoms with Crippen molar-refractivity contribution in [2.24, 2.45) is 0 Å². The number of carbonyl (C=O) groups excluding carboxylic acids is 1. The predicted octanol–water partition coefficient (Wildman–Crippen LogP) is 5.81. The number of nitrogens with one attached hydrogen (secondary N) is 1. The molecule has 0 spiro atoms. The molecule has 2 N–H and O–H groups in total. The monoisotopic (exact) mass is 455 g/mol. The van der Waals surface area contributed by atoms with Crippen molar-refractivity contribution in [1.82, 2.24) is 14.9 Å². The van der Waals surface area contributed by atoms with E-state index in [1.807, 2.05) is 18.2 Å². The molecule has 172 valence electrons. The number of nitrogens with zero attached hydrogens (tertiary/aromatic N) is 2. The normalized spacial score (nSPS) is 12.4. The molecule has 0 saturated heterocycles. The number of fused-ring (bicyclic) bond motifs is 1. The highest BCUT2D eigenvalue weighted by Gasteiger charge is 2.20. The van der Waals surface area contributed by atoms with Crippen molar-refractivity contribution >= 4 is 34.2 Å². The zero-order valence-electron chi connectivity index (χ0n) is 19.1. The highest BCUT2D eigenvalue weighted by atomic mass is 32.1. The summed E-state index contributed by atoms with van der Waals surface area (Å²) < 4.78 is 2.32. The van der Waals surface area contributed by atoms with E-state index in [0.717, 1.165) is 49.0 Å². The Kier molecular flexibility index (Phi) is 8.45. The Hall–Kier alpha value is -2.67. The molecule has 1 atom stereocenters. The number of aliphatic carboxylic acids is 1. The molecule has 2 heterocycles. The molecule has 3 rings (SSSR count). The Bertz CT molecular complexity index is 1040. The number of imidazole rings is 1. The molecule has 6 nitrogen and oxygen atoms in total. The first-order valence-electron chi connectivity index (χ1n) is 11.5. The Labute approximate surface area is 193 Å². The van der Waals surface area contributed by atoms with Gasteiger partial charge >= 0.3 is 5.97 Å². The summed E-state index contributed by atoms with van der Waals surface area (Å²) in [6.07, 6.45) is 5.21. The maximum Gasteiger partial charge on any atom is 0.305 e.